The molecule has 0 radical (unpaired) electrons. The molecule has 1 unspecified atom stereocenters. The largest absolute Gasteiger partial charge is 0.459 e. The summed E-state index contributed by atoms with van der Waals surface area (Å²) in [4.78, 5) is 27.7. The first-order valence-corrected chi connectivity index (χ1v) is 10.1. The van der Waals surface area contributed by atoms with Crippen LogP contribution in [0.2, 0.25) is 0 Å². The van der Waals surface area contributed by atoms with Crippen LogP contribution < -0.4 is 5.32 Å². The highest BCUT2D eigenvalue weighted by Gasteiger charge is 2.29. The third-order valence-electron chi connectivity index (χ3n) is 5.12. The lowest BCUT2D eigenvalue weighted by molar-refractivity contribution is -0.127. The number of carbonyl (C=O) groups is 2. The van der Waals surface area contributed by atoms with Gasteiger partial charge in [-0.15, -0.1) is 11.3 Å². The number of nitrogens with zero attached hydrogens (tertiary/aromatic N) is 1. The number of rotatable bonds is 4. The van der Waals surface area contributed by atoms with E-state index in [1.54, 1.807) is 0 Å². The molecule has 1 atom stereocenters. The van der Waals surface area contributed by atoms with Crippen molar-refractivity contribution >= 4 is 34.1 Å². The Morgan fingerprint density at radius 1 is 1.19 bits per heavy atom. The molecule has 2 amide bonds. The molecule has 3 heterocycles. The Kier molecular flexibility index (Phi) is 4.99. The highest BCUT2D eigenvalue weighted by Crippen LogP contribution is 2.25. The Balaban J connectivity index is 1.33. The van der Waals surface area contributed by atoms with Crippen LogP contribution in [-0.4, -0.2) is 29.8 Å². The molecule has 2 aromatic heterocycles. The van der Waals surface area contributed by atoms with E-state index in [2.05, 4.69) is 5.32 Å². The number of furan rings is 1. The maximum absolute atomic E-state index is 12.6. The Hall–Kier alpha value is -2.60. The van der Waals surface area contributed by atoms with Crippen LogP contribution in [0.5, 0.6) is 0 Å². The first-order chi connectivity index (χ1) is 13.1. The highest BCUT2D eigenvalue weighted by molar-refractivity contribution is 7.12. The molecule has 0 bridgehead atoms. The van der Waals surface area contributed by atoms with Crippen LogP contribution >= 0.6 is 11.3 Å². The number of hydrogen-bond donors (Lipinski definition) is 1. The average Bonchev–Trinajstić information content (AvgIpc) is 3.37. The lowest BCUT2D eigenvalue weighted by Gasteiger charge is -2.31. The number of nitrogens with one attached hydrogen (secondary N) is 1. The summed E-state index contributed by atoms with van der Waals surface area (Å²) < 4.78 is 5.84. The van der Waals surface area contributed by atoms with Gasteiger partial charge in [0.15, 0.2) is 0 Å². The van der Waals surface area contributed by atoms with Crippen molar-refractivity contribution in [2.75, 3.05) is 13.1 Å². The third kappa shape index (κ3) is 3.76. The fourth-order valence-corrected chi connectivity index (χ4v) is 4.21. The molecule has 140 valence electrons. The number of fused-ring (bicyclic) bond motifs is 1. The van der Waals surface area contributed by atoms with Gasteiger partial charge in [0.2, 0.25) is 5.91 Å². The van der Waals surface area contributed by atoms with Gasteiger partial charge in [0.1, 0.15) is 11.3 Å². The predicted octanol–water partition coefficient (Wildman–Crippen LogP) is 4.22. The molecule has 1 aliphatic heterocycles. The summed E-state index contributed by atoms with van der Waals surface area (Å²) in [6.45, 7) is 3.17. The quantitative estimate of drug-likeness (QED) is 0.735. The minimum atomic E-state index is -0.185. The van der Waals surface area contributed by atoms with Gasteiger partial charge in [0.25, 0.3) is 5.91 Å². The zero-order valence-electron chi connectivity index (χ0n) is 15.2. The predicted molar refractivity (Wildman–Crippen MR) is 106 cm³/mol. The first kappa shape index (κ1) is 17.8. The molecule has 0 aliphatic carbocycles. The van der Waals surface area contributed by atoms with E-state index in [4.69, 9.17) is 4.42 Å². The molecule has 5 nitrogen and oxygen atoms in total. The summed E-state index contributed by atoms with van der Waals surface area (Å²) in [5.41, 5.74) is 0.828. The van der Waals surface area contributed by atoms with E-state index in [0.717, 1.165) is 21.6 Å². The van der Waals surface area contributed by atoms with Gasteiger partial charge in [-0.25, -0.2) is 0 Å². The van der Waals surface area contributed by atoms with Crippen molar-refractivity contribution in [1.29, 1.82) is 0 Å². The molecule has 6 heteroatoms. The molecule has 1 aromatic carbocycles. The second-order valence-corrected chi connectivity index (χ2v) is 7.91. The normalized spacial score (nSPS) is 16.4. The summed E-state index contributed by atoms with van der Waals surface area (Å²) in [6.07, 6.45) is 1.38. The van der Waals surface area contributed by atoms with Crippen molar-refractivity contribution in [1.82, 2.24) is 10.2 Å². The van der Waals surface area contributed by atoms with Crippen molar-refractivity contribution in [2.24, 2.45) is 5.92 Å². The number of likely N-dealkylation sites (tertiary alicyclic amines) is 1. The van der Waals surface area contributed by atoms with Gasteiger partial charge >= 0.3 is 0 Å². The van der Waals surface area contributed by atoms with E-state index in [9.17, 15) is 9.59 Å². The van der Waals surface area contributed by atoms with E-state index in [1.165, 1.54) is 11.3 Å². The van der Waals surface area contributed by atoms with Gasteiger partial charge < -0.3 is 14.6 Å². The second kappa shape index (κ2) is 7.56. The van der Waals surface area contributed by atoms with Gasteiger partial charge in [0.05, 0.1) is 10.9 Å². The number of piperidine rings is 1. The maximum Gasteiger partial charge on any atom is 0.263 e. The van der Waals surface area contributed by atoms with Crippen molar-refractivity contribution < 1.29 is 14.0 Å². The number of thiophene rings is 1. The molecule has 1 fully saturated rings. The maximum atomic E-state index is 12.6. The van der Waals surface area contributed by atoms with Crippen molar-refractivity contribution in [3.05, 3.63) is 58.5 Å². The SMILES string of the molecule is CC(NC(=O)C1CCN(C(=O)c2cccs2)CC1)c1cc2ccccc2o1. The van der Waals surface area contributed by atoms with E-state index >= 15 is 0 Å². The molecule has 4 rings (SSSR count). The minimum Gasteiger partial charge on any atom is -0.459 e. The van der Waals surface area contributed by atoms with Crippen LogP contribution in [0.15, 0.2) is 52.3 Å². The Labute approximate surface area is 162 Å². The molecule has 1 saturated heterocycles. The molecule has 0 spiro atoms. The summed E-state index contributed by atoms with van der Waals surface area (Å²) in [5.74, 6) is 0.796. The average molecular weight is 382 g/mol. The first-order valence-electron chi connectivity index (χ1n) is 9.23. The van der Waals surface area contributed by atoms with E-state index < -0.39 is 0 Å². The fourth-order valence-electron chi connectivity index (χ4n) is 3.52. The number of benzene rings is 1. The van der Waals surface area contributed by atoms with E-state index in [-0.39, 0.29) is 23.8 Å². The summed E-state index contributed by atoms with van der Waals surface area (Å²) in [5, 5.41) is 6.01. The lowest BCUT2D eigenvalue weighted by Crippen LogP contribution is -2.43. The monoisotopic (exact) mass is 382 g/mol. The third-order valence-corrected chi connectivity index (χ3v) is 5.97. The van der Waals surface area contributed by atoms with Gasteiger partial charge in [0, 0.05) is 24.4 Å². The zero-order chi connectivity index (χ0) is 18.8. The van der Waals surface area contributed by atoms with Crippen molar-refractivity contribution in [3.8, 4) is 0 Å². The Bertz CT molecular complexity index is 906. The number of hydrogen-bond acceptors (Lipinski definition) is 4. The summed E-state index contributed by atoms with van der Waals surface area (Å²) in [6, 6.07) is 13.3. The van der Waals surface area contributed by atoms with Gasteiger partial charge in [-0.1, -0.05) is 24.3 Å². The smallest absolute Gasteiger partial charge is 0.263 e. The lowest BCUT2D eigenvalue weighted by atomic mass is 9.95. The number of carbonyl (C=O) groups excluding carboxylic acids is 2. The molecule has 3 aromatic rings. The van der Waals surface area contributed by atoms with E-state index in [1.807, 2.05) is 59.7 Å². The summed E-state index contributed by atoms with van der Waals surface area (Å²) >= 11 is 1.46. The molecular formula is C21H22N2O3S. The fraction of sp³-hybridized carbons (Fsp3) is 0.333. The molecule has 27 heavy (non-hydrogen) atoms. The molecule has 1 N–H and O–H groups in total. The number of para-hydroxylation sites is 1. The highest BCUT2D eigenvalue weighted by atomic mass is 32.1. The van der Waals surface area contributed by atoms with Crippen LogP contribution in [0.3, 0.4) is 0 Å². The molecular weight excluding hydrogens is 360 g/mol. The van der Waals surface area contributed by atoms with Gasteiger partial charge in [-0.05, 0) is 43.3 Å². The van der Waals surface area contributed by atoms with Crippen molar-refractivity contribution in [2.45, 2.75) is 25.8 Å². The van der Waals surface area contributed by atoms with Crippen molar-refractivity contribution in [3.63, 3.8) is 0 Å². The minimum absolute atomic E-state index is 0.0335. The second-order valence-electron chi connectivity index (χ2n) is 6.96. The van der Waals surface area contributed by atoms with Crippen LogP contribution in [0.1, 0.15) is 41.2 Å². The standard InChI is InChI=1S/C21H22N2O3S/c1-14(18-13-16-5-2-3-6-17(16)26-18)22-20(24)15-8-10-23(11-9-15)21(25)19-7-4-12-27-19/h2-7,12-15H,8-11H2,1H3,(H,22,24). The Morgan fingerprint density at radius 2 is 1.96 bits per heavy atom. The Morgan fingerprint density at radius 3 is 2.67 bits per heavy atom. The van der Waals surface area contributed by atoms with Gasteiger partial charge in [-0.3, -0.25) is 9.59 Å². The topological polar surface area (TPSA) is 62.6 Å². The molecule has 1 aliphatic rings. The zero-order valence-corrected chi connectivity index (χ0v) is 16.0. The number of amides is 2. The van der Waals surface area contributed by atoms with Crippen LogP contribution in [-0.2, 0) is 4.79 Å². The van der Waals surface area contributed by atoms with Crippen LogP contribution in [0.25, 0.3) is 11.0 Å². The van der Waals surface area contributed by atoms with Crippen LogP contribution in [0.4, 0.5) is 0 Å². The van der Waals surface area contributed by atoms with Crippen LogP contribution in [0, 0.1) is 5.92 Å². The summed E-state index contributed by atoms with van der Waals surface area (Å²) in [7, 11) is 0. The van der Waals surface area contributed by atoms with E-state index in [0.29, 0.717) is 25.9 Å². The molecule has 0 saturated carbocycles. The van der Waals surface area contributed by atoms with Gasteiger partial charge in [-0.2, -0.15) is 0 Å².